The van der Waals surface area contributed by atoms with Gasteiger partial charge in [-0.05, 0) is 18.2 Å². The zero-order valence-electron chi connectivity index (χ0n) is 6.00. The number of aliphatic hydroxyl groups is 1. The average Bonchev–Trinajstić information content (AvgIpc) is 2.08. The van der Waals surface area contributed by atoms with Crippen LogP contribution in [0, 0.1) is 11.6 Å². The minimum Gasteiger partial charge on any atom is -0.381 e. The van der Waals surface area contributed by atoms with E-state index in [-0.39, 0.29) is 11.8 Å². The SMILES string of the molecule is O=CC(O)c1cc(F)ccc1F. The summed E-state index contributed by atoms with van der Waals surface area (Å²) in [6, 6.07) is 2.56. The maximum Gasteiger partial charge on any atom is 0.153 e. The number of benzene rings is 1. The molecule has 0 heterocycles. The van der Waals surface area contributed by atoms with E-state index in [9.17, 15) is 13.6 Å². The van der Waals surface area contributed by atoms with E-state index in [0.29, 0.717) is 0 Å². The topological polar surface area (TPSA) is 37.3 Å². The molecule has 0 aliphatic heterocycles. The number of rotatable bonds is 2. The Morgan fingerprint density at radius 2 is 2.08 bits per heavy atom. The van der Waals surface area contributed by atoms with Gasteiger partial charge in [0.1, 0.15) is 17.7 Å². The van der Waals surface area contributed by atoms with Crippen molar-refractivity contribution >= 4 is 6.29 Å². The van der Waals surface area contributed by atoms with Gasteiger partial charge in [-0.1, -0.05) is 0 Å². The quantitative estimate of drug-likeness (QED) is 0.680. The van der Waals surface area contributed by atoms with E-state index in [4.69, 9.17) is 5.11 Å². The van der Waals surface area contributed by atoms with Gasteiger partial charge < -0.3 is 9.90 Å². The fraction of sp³-hybridized carbons (Fsp3) is 0.125. The largest absolute Gasteiger partial charge is 0.381 e. The molecule has 2 nitrogen and oxygen atoms in total. The second kappa shape index (κ2) is 3.40. The second-order valence-corrected chi connectivity index (χ2v) is 2.25. The van der Waals surface area contributed by atoms with Crippen LogP contribution in [0.25, 0.3) is 0 Å². The summed E-state index contributed by atoms with van der Waals surface area (Å²) in [5, 5.41) is 8.86. The van der Waals surface area contributed by atoms with Gasteiger partial charge in [0.25, 0.3) is 0 Å². The molecular formula is C8H6F2O2. The Balaban J connectivity index is 3.12. The third kappa shape index (κ3) is 1.65. The molecule has 0 saturated heterocycles. The highest BCUT2D eigenvalue weighted by Crippen LogP contribution is 2.16. The molecule has 0 amide bonds. The molecule has 1 unspecified atom stereocenters. The van der Waals surface area contributed by atoms with E-state index in [1.165, 1.54) is 0 Å². The van der Waals surface area contributed by atoms with Gasteiger partial charge in [0, 0.05) is 5.56 Å². The van der Waals surface area contributed by atoms with Crippen molar-refractivity contribution in [2.75, 3.05) is 0 Å². The summed E-state index contributed by atoms with van der Waals surface area (Å²) >= 11 is 0. The van der Waals surface area contributed by atoms with Gasteiger partial charge in [0.15, 0.2) is 6.29 Å². The predicted octanol–water partition coefficient (Wildman–Crippen LogP) is 1.20. The van der Waals surface area contributed by atoms with Gasteiger partial charge in [0.05, 0.1) is 0 Å². The van der Waals surface area contributed by atoms with Crippen LogP contribution in [-0.4, -0.2) is 11.4 Å². The monoisotopic (exact) mass is 172 g/mol. The molecule has 0 aliphatic rings. The highest BCUT2D eigenvalue weighted by atomic mass is 19.1. The molecule has 0 aromatic heterocycles. The van der Waals surface area contributed by atoms with Crippen LogP contribution in [0.4, 0.5) is 8.78 Å². The molecule has 1 atom stereocenters. The molecule has 0 aliphatic carbocycles. The molecule has 0 fully saturated rings. The van der Waals surface area contributed by atoms with Gasteiger partial charge in [0.2, 0.25) is 0 Å². The lowest BCUT2D eigenvalue weighted by Gasteiger charge is -2.03. The lowest BCUT2D eigenvalue weighted by Crippen LogP contribution is -2.01. The molecule has 1 rings (SSSR count). The maximum atomic E-state index is 12.7. The Labute approximate surface area is 67.4 Å². The Hall–Kier alpha value is -1.29. The Bertz CT molecular complexity index is 299. The van der Waals surface area contributed by atoms with Crippen molar-refractivity contribution in [3.63, 3.8) is 0 Å². The van der Waals surface area contributed by atoms with Crippen molar-refractivity contribution in [3.05, 3.63) is 35.4 Å². The molecule has 64 valence electrons. The van der Waals surface area contributed by atoms with Crippen LogP contribution in [0.3, 0.4) is 0 Å². The molecule has 0 spiro atoms. The standard InChI is InChI=1S/C8H6F2O2/c9-5-1-2-7(10)6(3-5)8(12)4-11/h1-4,8,12H. The molecule has 0 bridgehead atoms. The predicted molar refractivity (Wildman–Crippen MR) is 37.4 cm³/mol. The molecule has 12 heavy (non-hydrogen) atoms. The summed E-state index contributed by atoms with van der Waals surface area (Å²) in [4.78, 5) is 10.0. The molecule has 0 saturated carbocycles. The molecule has 1 aromatic rings. The van der Waals surface area contributed by atoms with Crippen LogP contribution in [0.15, 0.2) is 18.2 Å². The average molecular weight is 172 g/mol. The van der Waals surface area contributed by atoms with E-state index in [1.807, 2.05) is 0 Å². The van der Waals surface area contributed by atoms with E-state index in [1.54, 1.807) is 0 Å². The normalized spacial score (nSPS) is 12.6. The van der Waals surface area contributed by atoms with Crippen molar-refractivity contribution in [1.82, 2.24) is 0 Å². The lowest BCUT2D eigenvalue weighted by molar-refractivity contribution is -0.115. The van der Waals surface area contributed by atoms with Crippen molar-refractivity contribution in [1.29, 1.82) is 0 Å². The minimum absolute atomic E-state index is 0.137. The second-order valence-electron chi connectivity index (χ2n) is 2.25. The summed E-state index contributed by atoms with van der Waals surface area (Å²) in [7, 11) is 0. The summed E-state index contributed by atoms with van der Waals surface area (Å²) < 4.78 is 25.2. The van der Waals surface area contributed by atoms with Crippen LogP contribution in [0.5, 0.6) is 0 Å². The highest BCUT2D eigenvalue weighted by Gasteiger charge is 2.11. The minimum atomic E-state index is -1.60. The van der Waals surface area contributed by atoms with Crippen molar-refractivity contribution in [2.45, 2.75) is 6.10 Å². The first-order valence-corrected chi connectivity index (χ1v) is 3.23. The number of carbonyl (C=O) groups excluding carboxylic acids is 1. The van der Waals surface area contributed by atoms with Gasteiger partial charge in [-0.15, -0.1) is 0 Å². The summed E-state index contributed by atoms with van der Waals surface area (Å²) in [5.74, 6) is -1.48. The maximum absolute atomic E-state index is 12.7. The first-order valence-electron chi connectivity index (χ1n) is 3.23. The van der Waals surface area contributed by atoms with E-state index < -0.39 is 17.7 Å². The fourth-order valence-electron chi connectivity index (χ4n) is 0.815. The highest BCUT2D eigenvalue weighted by molar-refractivity contribution is 5.59. The number of carbonyl (C=O) groups is 1. The lowest BCUT2D eigenvalue weighted by atomic mass is 10.1. The van der Waals surface area contributed by atoms with Crippen molar-refractivity contribution in [2.24, 2.45) is 0 Å². The van der Waals surface area contributed by atoms with Gasteiger partial charge >= 0.3 is 0 Å². The Kier molecular flexibility index (Phi) is 2.50. The van der Waals surface area contributed by atoms with Crippen LogP contribution in [-0.2, 0) is 4.79 Å². The summed E-state index contributed by atoms with van der Waals surface area (Å²) in [6.07, 6.45) is -1.46. The third-order valence-corrected chi connectivity index (χ3v) is 1.41. The number of hydrogen-bond donors (Lipinski definition) is 1. The number of aliphatic hydroxyl groups excluding tert-OH is 1. The van der Waals surface area contributed by atoms with Crippen LogP contribution < -0.4 is 0 Å². The fourth-order valence-corrected chi connectivity index (χ4v) is 0.815. The zero-order chi connectivity index (χ0) is 9.14. The zero-order valence-corrected chi connectivity index (χ0v) is 6.00. The smallest absolute Gasteiger partial charge is 0.153 e. The Morgan fingerprint density at radius 3 is 2.67 bits per heavy atom. The molecular weight excluding hydrogens is 166 g/mol. The first-order chi connectivity index (χ1) is 5.65. The van der Waals surface area contributed by atoms with E-state index in [0.717, 1.165) is 18.2 Å². The number of halogens is 2. The number of hydrogen-bond acceptors (Lipinski definition) is 2. The summed E-state index contributed by atoms with van der Waals surface area (Å²) in [6.45, 7) is 0. The first kappa shape index (κ1) is 8.80. The molecule has 4 heteroatoms. The van der Waals surface area contributed by atoms with Gasteiger partial charge in [-0.25, -0.2) is 8.78 Å². The third-order valence-electron chi connectivity index (χ3n) is 1.41. The molecule has 0 radical (unpaired) electrons. The van der Waals surface area contributed by atoms with Crippen LogP contribution in [0.2, 0.25) is 0 Å². The van der Waals surface area contributed by atoms with Crippen molar-refractivity contribution < 1.29 is 18.7 Å². The van der Waals surface area contributed by atoms with Gasteiger partial charge in [-0.2, -0.15) is 0 Å². The van der Waals surface area contributed by atoms with Gasteiger partial charge in [-0.3, -0.25) is 0 Å². The van der Waals surface area contributed by atoms with Crippen LogP contribution in [0.1, 0.15) is 11.7 Å². The number of aldehydes is 1. The summed E-state index contributed by atoms with van der Waals surface area (Å²) in [5.41, 5.74) is -0.343. The van der Waals surface area contributed by atoms with E-state index >= 15 is 0 Å². The van der Waals surface area contributed by atoms with E-state index in [2.05, 4.69) is 0 Å². The molecule has 1 aromatic carbocycles. The molecule has 1 N–H and O–H groups in total. The van der Waals surface area contributed by atoms with Crippen LogP contribution >= 0.6 is 0 Å². The Morgan fingerprint density at radius 1 is 1.42 bits per heavy atom. The van der Waals surface area contributed by atoms with Crippen molar-refractivity contribution in [3.8, 4) is 0 Å².